The third-order valence-electron chi connectivity index (χ3n) is 4.07. The molecule has 1 aliphatic rings. The molecule has 0 saturated heterocycles. The first-order valence-corrected chi connectivity index (χ1v) is 8.09. The van der Waals surface area contributed by atoms with Crippen molar-refractivity contribution in [3.05, 3.63) is 23.7 Å². The fourth-order valence-electron chi connectivity index (χ4n) is 2.81. The van der Waals surface area contributed by atoms with Crippen LogP contribution in [-0.4, -0.2) is 25.9 Å². The van der Waals surface area contributed by atoms with Crippen molar-refractivity contribution in [1.29, 1.82) is 0 Å². The second-order valence-electron chi connectivity index (χ2n) is 6.35. The van der Waals surface area contributed by atoms with Gasteiger partial charge in [0.05, 0.1) is 18.5 Å². The quantitative estimate of drug-likeness (QED) is 0.797. The van der Waals surface area contributed by atoms with E-state index in [1.54, 1.807) is 13.4 Å². The number of nitrogens with one attached hydrogen (secondary N) is 1. The lowest BCUT2D eigenvalue weighted by atomic mass is 9.95. The zero-order valence-electron chi connectivity index (χ0n) is 13.6. The number of hydrogen-bond acceptors (Lipinski definition) is 4. The second-order valence-corrected chi connectivity index (χ2v) is 6.35. The molecule has 2 rings (SSSR count). The van der Waals surface area contributed by atoms with Gasteiger partial charge in [-0.2, -0.15) is 0 Å². The first kappa shape index (κ1) is 16.5. The van der Waals surface area contributed by atoms with Gasteiger partial charge in [0.15, 0.2) is 0 Å². The average molecular weight is 295 g/mol. The highest BCUT2D eigenvalue weighted by atomic mass is 16.5. The van der Waals surface area contributed by atoms with Crippen LogP contribution in [-0.2, 0) is 22.6 Å². The van der Waals surface area contributed by atoms with Gasteiger partial charge in [0.2, 0.25) is 0 Å². The molecule has 0 aliphatic heterocycles. The summed E-state index contributed by atoms with van der Waals surface area (Å²) in [6, 6.07) is 2.03. The van der Waals surface area contributed by atoms with E-state index in [9.17, 15) is 0 Å². The maximum absolute atomic E-state index is 6.03. The standard InChI is InChI=1S/C17H29NO3/c1-13(2)10-18-11-14-7-8-20-17(14)12-21-16-6-4-5-15(9-16)19-3/h7-8,13,15-16,18H,4-6,9-12H2,1-3H3. The Morgan fingerprint density at radius 3 is 2.90 bits per heavy atom. The van der Waals surface area contributed by atoms with Crippen LogP contribution in [0.4, 0.5) is 0 Å². The van der Waals surface area contributed by atoms with Crippen LogP contribution in [0.15, 0.2) is 16.7 Å². The lowest BCUT2D eigenvalue weighted by molar-refractivity contribution is -0.0407. The molecule has 2 unspecified atom stereocenters. The zero-order valence-corrected chi connectivity index (χ0v) is 13.6. The van der Waals surface area contributed by atoms with Crippen LogP contribution in [0.25, 0.3) is 0 Å². The monoisotopic (exact) mass is 295 g/mol. The highest BCUT2D eigenvalue weighted by Crippen LogP contribution is 2.24. The van der Waals surface area contributed by atoms with Crippen molar-refractivity contribution in [3.8, 4) is 0 Å². The topological polar surface area (TPSA) is 43.6 Å². The summed E-state index contributed by atoms with van der Waals surface area (Å²) in [5.41, 5.74) is 1.20. The van der Waals surface area contributed by atoms with Gasteiger partial charge in [-0.3, -0.25) is 0 Å². The molecule has 1 saturated carbocycles. The van der Waals surface area contributed by atoms with Gasteiger partial charge in [0.1, 0.15) is 12.4 Å². The van der Waals surface area contributed by atoms with Crippen molar-refractivity contribution in [2.24, 2.45) is 5.92 Å². The lowest BCUT2D eigenvalue weighted by Gasteiger charge is -2.28. The zero-order chi connectivity index (χ0) is 15.1. The number of methoxy groups -OCH3 is 1. The molecule has 0 radical (unpaired) electrons. The molecule has 0 spiro atoms. The molecule has 0 amide bonds. The van der Waals surface area contributed by atoms with E-state index < -0.39 is 0 Å². The molecule has 1 aromatic rings. The highest BCUT2D eigenvalue weighted by molar-refractivity contribution is 5.16. The Morgan fingerprint density at radius 1 is 1.33 bits per heavy atom. The molecule has 1 fully saturated rings. The minimum atomic E-state index is 0.297. The molecule has 0 bridgehead atoms. The van der Waals surface area contributed by atoms with Crippen LogP contribution in [0.5, 0.6) is 0 Å². The van der Waals surface area contributed by atoms with Gasteiger partial charge in [-0.05, 0) is 44.2 Å². The summed E-state index contributed by atoms with van der Waals surface area (Å²) in [5.74, 6) is 1.61. The Labute approximate surface area is 128 Å². The van der Waals surface area contributed by atoms with Crippen molar-refractivity contribution in [2.75, 3.05) is 13.7 Å². The van der Waals surface area contributed by atoms with Gasteiger partial charge < -0.3 is 19.2 Å². The number of furan rings is 1. The van der Waals surface area contributed by atoms with E-state index in [-0.39, 0.29) is 0 Å². The van der Waals surface area contributed by atoms with Crippen LogP contribution in [0, 0.1) is 5.92 Å². The number of ether oxygens (including phenoxy) is 2. The van der Waals surface area contributed by atoms with E-state index in [0.29, 0.717) is 24.7 Å². The average Bonchev–Trinajstić information content (AvgIpc) is 2.92. The molecule has 21 heavy (non-hydrogen) atoms. The van der Waals surface area contributed by atoms with E-state index in [1.807, 2.05) is 6.07 Å². The molecule has 2 atom stereocenters. The van der Waals surface area contributed by atoms with Crippen LogP contribution in [0.3, 0.4) is 0 Å². The lowest BCUT2D eigenvalue weighted by Crippen LogP contribution is -2.27. The minimum absolute atomic E-state index is 0.297. The maximum Gasteiger partial charge on any atom is 0.133 e. The summed E-state index contributed by atoms with van der Waals surface area (Å²) in [6.07, 6.45) is 6.87. The third kappa shape index (κ3) is 5.46. The van der Waals surface area contributed by atoms with Gasteiger partial charge in [0, 0.05) is 19.2 Å². The minimum Gasteiger partial charge on any atom is -0.467 e. The molecule has 1 aliphatic carbocycles. The van der Waals surface area contributed by atoms with Crippen molar-refractivity contribution in [2.45, 2.75) is 64.9 Å². The highest BCUT2D eigenvalue weighted by Gasteiger charge is 2.22. The van der Waals surface area contributed by atoms with Crippen LogP contribution < -0.4 is 5.32 Å². The fraction of sp³-hybridized carbons (Fsp3) is 0.765. The van der Waals surface area contributed by atoms with E-state index in [1.165, 1.54) is 12.0 Å². The third-order valence-corrected chi connectivity index (χ3v) is 4.07. The van der Waals surface area contributed by atoms with Crippen LogP contribution in [0.2, 0.25) is 0 Å². The predicted molar refractivity (Wildman–Crippen MR) is 83.1 cm³/mol. The van der Waals surface area contributed by atoms with Crippen molar-refractivity contribution in [3.63, 3.8) is 0 Å². The van der Waals surface area contributed by atoms with Crippen molar-refractivity contribution in [1.82, 2.24) is 5.32 Å². The Morgan fingerprint density at radius 2 is 2.14 bits per heavy atom. The van der Waals surface area contributed by atoms with Gasteiger partial charge in [-0.25, -0.2) is 0 Å². The van der Waals surface area contributed by atoms with E-state index in [4.69, 9.17) is 13.9 Å². The molecule has 0 aromatic carbocycles. The van der Waals surface area contributed by atoms with Crippen LogP contribution >= 0.6 is 0 Å². The molecule has 120 valence electrons. The molecule has 4 heteroatoms. The van der Waals surface area contributed by atoms with Crippen molar-refractivity contribution >= 4 is 0 Å². The van der Waals surface area contributed by atoms with Crippen molar-refractivity contribution < 1.29 is 13.9 Å². The van der Waals surface area contributed by atoms with Gasteiger partial charge >= 0.3 is 0 Å². The first-order valence-electron chi connectivity index (χ1n) is 8.09. The fourth-order valence-corrected chi connectivity index (χ4v) is 2.81. The summed E-state index contributed by atoms with van der Waals surface area (Å²) in [6.45, 7) is 6.85. The molecule has 4 nitrogen and oxygen atoms in total. The summed E-state index contributed by atoms with van der Waals surface area (Å²) in [4.78, 5) is 0. The molecule has 1 aromatic heterocycles. The van der Waals surface area contributed by atoms with E-state index in [0.717, 1.165) is 38.1 Å². The first-order chi connectivity index (χ1) is 10.2. The number of hydrogen-bond donors (Lipinski definition) is 1. The largest absolute Gasteiger partial charge is 0.467 e. The van der Waals surface area contributed by atoms with Gasteiger partial charge in [-0.15, -0.1) is 0 Å². The molecular weight excluding hydrogens is 266 g/mol. The second kappa shape index (κ2) is 8.57. The molecule has 1 heterocycles. The molecule has 1 N–H and O–H groups in total. The summed E-state index contributed by atoms with van der Waals surface area (Å²) < 4.78 is 17.0. The van der Waals surface area contributed by atoms with E-state index in [2.05, 4.69) is 19.2 Å². The number of rotatable bonds is 8. The summed E-state index contributed by atoms with van der Waals surface area (Å²) in [7, 11) is 1.79. The Balaban J connectivity index is 1.76. The SMILES string of the molecule is COC1CCCC(OCc2occc2CNCC(C)C)C1. The normalized spacial score (nSPS) is 22.9. The maximum atomic E-state index is 6.03. The van der Waals surface area contributed by atoms with Gasteiger partial charge in [0.25, 0.3) is 0 Å². The van der Waals surface area contributed by atoms with Crippen LogP contribution in [0.1, 0.15) is 50.9 Å². The molecular formula is C17H29NO3. The Kier molecular flexibility index (Phi) is 6.74. The smallest absolute Gasteiger partial charge is 0.133 e. The predicted octanol–water partition coefficient (Wildman–Crippen LogP) is 3.50. The van der Waals surface area contributed by atoms with Gasteiger partial charge in [-0.1, -0.05) is 13.8 Å². The summed E-state index contributed by atoms with van der Waals surface area (Å²) in [5, 5.41) is 3.45. The Bertz CT molecular complexity index is 402. The van der Waals surface area contributed by atoms with E-state index >= 15 is 0 Å². The Hall–Kier alpha value is -0.840. The summed E-state index contributed by atoms with van der Waals surface area (Å²) >= 11 is 0.